The van der Waals surface area contributed by atoms with E-state index in [4.69, 9.17) is 24.0 Å². The Balaban J connectivity index is 1.65. The van der Waals surface area contributed by atoms with Crippen LogP contribution in [0.1, 0.15) is 17.3 Å². The van der Waals surface area contributed by atoms with Gasteiger partial charge in [-0.15, -0.1) is 10.2 Å². The molecule has 3 aromatic heterocycles. The van der Waals surface area contributed by atoms with Crippen molar-refractivity contribution in [1.29, 1.82) is 0 Å². The van der Waals surface area contributed by atoms with Crippen molar-refractivity contribution >= 4 is 23.0 Å². The fourth-order valence-electron chi connectivity index (χ4n) is 4.31. The number of benzene rings is 2. The molecule has 2 aromatic carbocycles. The van der Waals surface area contributed by atoms with Gasteiger partial charge in [0.1, 0.15) is 11.3 Å². The van der Waals surface area contributed by atoms with E-state index in [0.717, 1.165) is 22.3 Å². The molecule has 39 heavy (non-hydrogen) atoms. The molecule has 0 saturated carbocycles. The number of nitrogens with one attached hydrogen (secondary N) is 1. The van der Waals surface area contributed by atoms with Gasteiger partial charge in [0.25, 0.3) is 0 Å². The van der Waals surface area contributed by atoms with Gasteiger partial charge in [0.2, 0.25) is 5.75 Å². The van der Waals surface area contributed by atoms with Crippen molar-refractivity contribution in [3.63, 3.8) is 0 Å². The quantitative estimate of drug-likeness (QED) is 0.253. The predicted octanol–water partition coefficient (Wildman–Crippen LogP) is 5.40. The standard InChI is InChI=1S/C29H27N5O5/c1-5-39-29(35)20-17-21(25-22-13-9-10-14-34(22)33-26(25)18-11-7-6-8-12-18)31-32-28(20)30-19-15-23(36-2)27(38-4)24(16-19)37-3/h6-17H,5H2,1-4H3,(H,30,32). The highest BCUT2D eigenvalue weighted by molar-refractivity contribution is 5.98. The Morgan fingerprint density at radius 1 is 0.897 bits per heavy atom. The minimum absolute atomic E-state index is 0.200. The highest BCUT2D eigenvalue weighted by Crippen LogP contribution is 2.41. The van der Waals surface area contributed by atoms with Crippen molar-refractivity contribution in [3.8, 4) is 39.8 Å². The first kappa shape index (κ1) is 25.5. The fraction of sp³-hybridized carbons (Fsp3) is 0.172. The van der Waals surface area contributed by atoms with E-state index in [1.54, 1.807) is 29.6 Å². The summed E-state index contributed by atoms with van der Waals surface area (Å²) >= 11 is 0. The summed E-state index contributed by atoms with van der Waals surface area (Å²) in [4.78, 5) is 13.1. The minimum atomic E-state index is -0.540. The molecule has 10 nitrogen and oxygen atoms in total. The number of carbonyl (C=O) groups excluding carboxylic acids is 1. The Morgan fingerprint density at radius 3 is 2.28 bits per heavy atom. The summed E-state index contributed by atoms with van der Waals surface area (Å²) in [5.41, 5.74) is 4.45. The van der Waals surface area contributed by atoms with Crippen molar-refractivity contribution in [3.05, 3.63) is 78.5 Å². The highest BCUT2D eigenvalue weighted by Gasteiger charge is 2.23. The maximum absolute atomic E-state index is 13.1. The highest BCUT2D eigenvalue weighted by atomic mass is 16.5. The van der Waals surface area contributed by atoms with Crippen LogP contribution < -0.4 is 19.5 Å². The molecule has 10 heteroatoms. The normalized spacial score (nSPS) is 10.8. The average Bonchev–Trinajstić information content (AvgIpc) is 3.37. The van der Waals surface area contributed by atoms with E-state index in [-0.39, 0.29) is 18.0 Å². The van der Waals surface area contributed by atoms with Crippen molar-refractivity contribution < 1.29 is 23.7 Å². The van der Waals surface area contributed by atoms with Crippen molar-refractivity contribution in [1.82, 2.24) is 19.8 Å². The monoisotopic (exact) mass is 525 g/mol. The molecule has 3 heterocycles. The van der Waals surface area contributed by atoms with Gasteiger partial charge in [-0.1, -0.05) is 36.4 Å². The molecule has 0 bridgehead atoms. The van der Waals surface area contributed by atoms with Gasteiger partial charge in [0, 0.05) is 29.6 Å². The third-order valence-corrected chi connectivity index (χ3v) is 6.06. The van der Waals surface area contributed by atoms with Crippen molar-refractivity contribution in [2.75, 3.05) is 33.3 Å². The molecule has 5 aromatic rings. The molecule has 0 spiro atoms. The smallest absolute Gasteiger partial charge is 0.342 e. The van der Waals surface area contributed by atoms with E-state index >= 15 is 0 Å². The van der Waals surface area contributed by atoms with Crippen molar-refractivity contribution in [2.45, 2.75) is 6.92 Å². The van der Waals surface area contributed by atoms with E-state index in [9.17, 15) is 4.79 Å². The molecule has 5 rings (SSSR count). The predicted molar refractivity (Wildman–Crippen MR) is 147 cm³/mol. The first-order valence-electron chi connectivity index (χ1n) is 12.2. The van der Waals surface area contributed by atoms with Gasteiger partial charge < -0.3 is 24.3 Å². The molecule has 0 aliphatic heterocycles. The summed E-state index contributed by atoms with van der Waals surface area (Å²) in [6.07, 6.45) is 1.87. The second-order valence-corrected chi connectivity index (χ2v) is 8.37. The first-order valence-corrected chi connectivity index (χ1v) is 12.2. The largest absolute Gasteiger partial charge is 0.493 e. The summed E-state index contributed by atoms with van der Waals surface area (Å²) < 4.78 is 23.5. The topological polar surface area (TPSA) is 109 Å². The lowest BCUT2D eigenvalue weighted by molar-refractivity contribution is 0.0527. The fourth-order valence-corrected chi connectivity index (χ4v) is 4.31. The lowest BCUT2D eigenvalue weighted by atomic mass is 10.0. The molecule has 0 radical (unpaired) electrons. The number of anilines is 2. The lowest BCUT2D eigenvalue weighted by Gasteiger charge is -2.16. The Hall–Kier alpha value is -5.12. The van der Waals surface area contributed by atoms with Crippen LogP contribution in [0.4, 0.5) is 11.5 Å². The van der Waals surface area contributed by atoms with E-state index in [2.05, 4.69) is 15.5 Å². The summed E-state index contributed by atoms with van der Waals surface area (Å²) in [6, 6.07) is 20.7. The molecule has 0 saturated heterocycles. The number of carbonyl (C=O) groups is 1. The Bertz CT molecular complexity index is 1610. The number of rotatable bonds is 9. The van der Waals surface area contributed by atoms with E-state index in [1.165, 1.54) is 21.3 Å². The molecule has 1 N–H and O–H groups in total. The lowest BCUT2D eigenvalue weighted by Crippen LogP contribution is -2.11. The number of nitrogens with zero attached hydrogens (tertiary/aromatic N) is 4. The van der Waals surface area contributed by atoms with Crippen LogP contribution in [-0.4, -0.2) is 53.7 Å². The van der Waals surface area contributed by atoms with Gasteiger partial charge in [0.05, 0.1) is 44.7 Å². The molecule has 198 valence electrons. The van der Waals surface area contributed by atoms with Crippen LogP contribution in [0.2, 0.25) is 0 Å². The third kappa shape index (κ3) is 4.91. The second-order valence-electron chi connectivity index (χ2n) is 8.37. The number of methoxy groups -OCH3 is 3. The average molecular weight is 526 g/mol. The zero-order chi connectivity index (χ0) is 27.4. The van der Waals surface area contributed by atoms with Gasteiger partial charge >= 0.3 is 5.97 Å². The summed E-state index contributed by atoms with van der Waals surface area (Å²) in [5, 5.41) is 16.9. The number of esters is 1. The van der Waals surface area contributed by atoms with Gasteiger partial charge in [-0.3, -0.25) is 0 Å². The summed E-state index contributed by atoms with van der Waals surface area (Å²) in [7, 11) is 4.58. The number of fused-ring (bicyclic) bond motifs is 1. The molecular weight excluding hydrogens is 498 g/mol. The Labute approximate surface area is 225 Å². The SMILES string of the molecule is CCOC(=O)c1cc(-c2c(-c3ccccc3)nn3ccccc23)nnc1Nc1cc(OC)c(OC)c(OC)c1. The maximum Gasteiger partial charge on any atom is 0.342 e. The number of hydrogen-bond donors (Lipinski definition) is 1. The van der Waals surface area contributed by atoms with Crippen LogP contribution in [0.15, 0.2) is 72.9 Å². The summed E-state index contributed by atoms with van der Waals surface area (Å²) in [6.45, 7) is 1.95. The maximum atomic E-state index is 13.1. The molecule has 0 amide bonds. The number of aromatic nitrogens is 4. The van der Waals surface area contributed by atoms with Gasteiger partial charge in [0.15, 0.2) is 17.3 Å². The van der Waals surface area contributed by atoms with Gasteiger partial charge in [-0.2, -0.15) is 5.10 Å². The molecule has 0 fully saturated rings. The number of ether oxygens (including phenoxy) is 4. The van der Waals surface area contributed by atoms with Crippen molar-refractivity contribution in [2.24, 2.45) is 0 Å². The minimum Gasteiger partial charge on any atom is -0.493 e. The van der Waals surface area contributed by atoms with Crippen LogP contribution >= 0.6 is 0 Å². The summed E-state index contributed by atoms with van der Waals surface area (Å²) in [5.74, 6) is 1.01. The van der Waals surface area contributed by atoms with Crippen LogP contribution in [-0.2, 0) is 4.74 Å². The molecule has 0 unspecified atom stereocenters. The van der Waals surface area contributed by atoms with Crippen LogP contribution in [0.3, 0.4) is 0 Å². The molecule has 0 aliphatic rings. The van der Waals surface area contributed by atoms with Crippen LogP contribution in [0.25, 0.3) is 28.0 Å². The van der Waals surface area contributed by atoms with Crippen LogP contribution in [0, 0.1) is 0 Å². The molecule has 0 aliphatic carbocycles. The Morgan fingerprint density at radius 2 is 1.62 bits per heavy atom. The first-order chi connectivity index (χ1) is 19.1. The zero-order valence-electron chi connectivity index (χ0n) is 22.0. The Kier molecular flexibility index (Phi) is 7.26. The molecular formula is C29H27N5O5. The van der Waals surface area contributed by atoms with E-state index in [0.29, 0.717) is 28.6 Å². The van der Waals surface area contributed by atoms with Gasteiger partial charge in [-0.25, -0.2) is 9.31 Å². The number of hydrogen-bond acceptors (Lipinski definition) is 9. The third-order valence-electron chi connectivity index (χ3n) is 6.06. The zero-order valence-corrected chi connectivity index (χ0v) is 22.0. The molecule has 0 atom stereocenters. The second kappa shape index (κ2) is 11.1. The van der Waals surface area contributed by atoms with E-state index < -0.39 is 5.97 Å². The van der Waals surface area contributed by atoms with Gasteiger partial charge in [-0.05, 0) is 25.1 Å². The van der Waals surface area contributed by atoms with Crippen LogP contribution in [0.5, 0.6) is 17.2 Å². The van der Waals surface area contributed by atoms with E-state index in [1.807, 2.05) is 54.7 Å². The number of pyridine rings is 1.